The van der Waals surface area contributed by atoms with Crippen LogP contribution in [0, 0.1) is 5.82 Å². The number of furan rings is 1. The second kappa shape index (κ2) is 3.96. The van der Waals surface area contributed by atoms with Crippen molar-refractivity contribution in [3.05, 3.63) is 54.2 Å². The van der Waals surface area contributed by atoms with Crippen LogP contribution in [0.3, 0.4) is 0 Å². The second-order valence-corrected chi connectivity index (χ2v) is 2.94. The summed E-state index contributed by atoms with van der Waals surface area (Å²) in [7, 11) is 0. The van der Waals surface area contributed by atoms with Crippen LogP contribution in [0.1, 0.15) is 10.6 Å². The van der Waals surface area contributed by atoms with Crippen molar-refractivity contribution < 1.29 is 13.6 Å². The van der Waals surface area contributed by atoms with Crippen molar-refractivity contribution in [2.75, 3.05) is 5.32 Å². The van der Waals surface area contributed by atoms with E-state index in [1.165, 1.54) is 30.5 Å². The van der Waals surface area contributed by atoms with E-state index in [-0.39, 0.29) is 17.5 Å². The van der Waals surface area contributed by atoms with Crippen molar-refractivity contribution in [1.29, 1.82) is 0 Å². The van der Waals surface area contributed by atoms with Gasteiger partial charge in [-0.1, -0.05) is 0 Å². The van der Waals surface area contributed by atoms with Crippen LogP contribution in [-0.4, -0.2) is 5.91 Å². The number of anilines is 1. The minimum atomic E-state index is -0.355. The molecule has 1 amide bonds. The van der Waals surface area contributed by atoms with E-state index >= 15 is 0 Å². The van der Waals surface area contributed by atoms with E-state index in [0.717, 1.165) is 0 Å². The molecule has 0 radical (unpaired) electrons. The summed E-state index contributed by atoms with van der Waals surface area (Å²) < 4.78 is 17.5. The van der Waals surface area contributed by atoms with Gasteiger partial charge in [0.15, 0.2) is 5.76 Å². The molecule has 15 heavy (non-hydrogen) atoms. The lowest BCUT2D eigenvalue weighted by atomic mass is 10.3. The van der Waals surface area contributed by atoms with Crippen LogP contribution in [-0.2, 0) is 0 Å². The zero-order valence-corrected chi connectivity index (χ0v) is 7.74. The van der Waals surface area contributed by atoms with Gasteiger partial charge in [0.05, 0.1) is 6.26 Å². The summed E-state index contributed by atoms with van der Waals surface area (Å²) >= 11 is 0. The van der Waals surface area contributed by atoms with Crippen molar-refractivity contribution in [3.63, 3.8) is 0 Å². The van der Waals surface area contributed by atoms with Crippen LogP contribution in [0.15, 0.2) is 47.1 Å². The fraction of sp³-hybridized carbons (Fsp3) is 0. The van der Waals surface area contributed by atoms with Crippen LogP contribution in [0.4, 0.5) is 10.1 Å². The first-order valence-corrected chi connectivity index (χ1v) is 4.36. The monoisotopic (exact) mass is 205 g/mol. The molecule has 2 aromatic rings. The maximum atomic E-state index is 12.6. The van der Waals surface area contributed by atoms with E-state index in [0.29, 0.717) is 5.69 Å². The minimum Gasteiger partial charge on any atom is -0.459 e. The molecule has 0 saturated carbocycles. The molecule has 0 bridgehead atoms. The molecule has 0 atom stereocenters. The zero-order valence-electron chi connectivity index (χ0n) is 7.74. The lowest BCUT2D eigenvalue weighted by Crippen LogP contribution is -2.10. The third-order valence-corrected chi connectivity index (χ3v) is 1.85. The Morgan fingerprint density at radius 3 is 2.53 bits per heavy atom. The Kier molecular flexibility index (Phi) is 2.49. The molecule has 0 aliphatic carbocycles. The smallest absolute Gasteiger partial charge is 0.291 e. The molecular weight excluding hydrogens is 197 g/mol. The van der Waals surface area contributed by atoms with Crippen LogP contribution >= 0.6 is 0 Å². The van der Waals surface area contributed by atoms with Crippen molar-refractivity contribution in [2.24, 2.45) is 0 Å². The number of halogens is 1. The van der Waals surface area contributed by atoms with Gasteiger partial charge >= 0.3 is 0 Å². The number of nitrogens with one attached hydrogen (secondary N) is 1. The first kappa shape index (κ1) is 9.45. The van der Waals surface area contributed by atoms with Gasteiger partial charge in [-0.25, -0.2) is 4.39 Å². The van der Waals surface area contributed by atoms with Crippen LogP contribution in [0.5, 0.6) is 0 Å². The van der Waals surface area contributed by atoms with Crippen LogP contribution in [0.2, 0.25) is 0 Å². The third-order valence-electron chi connectivity index (χ3n) is 1.85. The Bertz CT molecular complexity index is 448. The molecule has 0 fully saturated rings. The minimum absolute atomic E-state index is 0.222. The van der Waals surface area contributed by atoms with Crippen molar-refractivity contribution in [3.8, 4) is 0 Å². The van der Waals surface area contributed by atoms with E-state index < -0.39 is 0 Å². The topological polar surface area (TPSA) is 42.2 Å². The standard InChI is InChI=1S/C11H8FNO2/c12-8-3-5-9(6-4-8)13-11(14)10-2-1-7-15-10/h1-7H,(H,13,14). The molecule has 76 valence electrons. The molecule has 3 nitrogen and oxygen atoms in total. The molecule has 0 saturated heterocycles. The summed E-state index contributed by atoms with van der Waals surface area (Å²) in [5.41, 5.74) is 0.526. The lowest BCUT2D eigenvalue weighted by Gasteiger charge is -2.01. The maximum absolute atomic E-state index is 12.6. The van der Waals surface area contributed by atoms with Crippen molar-refractivity contribution in [2.45, 2.75) is 0 Å². The highest BCUT2D eigenvalue weighted by atomic mass is 19.1. The number of hydrogen-bond acceptors (Lipinski definition) is 2. The van der Waals surface area contributed by atoms with Crippen molar-refractivity contribution in [1.82, 2.24) is 0 Å². The highest BCUT2D eigenvalue weighted by Gasteiger charge is 2.07. The number of hydrogen-bond donors (Lipinski definition) is 1. The molecule has 1 N–H and O–H groups in total. The summed E-state index contributed by atoms with van der Waals surface area (Å²) in [6, 6.07) is 8.69. The van der Waals surface area contributed by atoms with Gasteiger partial charge in [-0.15, -0.1) is 0 Å². The normalized spacial score (nSPS) is 9.93. The summed E-state index contributed by atoms with van der Waals surface area (Å²) in [6.07, 6.45) is 1.42. The van der Waals surface area contributed by atoms with Gasteiger partial charge in [0, 0.05) is 5.69 Å². The molecule has 2 rings (SSSR count). The Hall–Kier alpha value is -2.10. The van der Waals surface area contributed by atoms with E-state index in [2.05, 4.69) is 5.32 Å². The predicted molar refractivity (Wildman–Crippen MR) is 53.1 cm³/mol. The number of carbonyl (C=O) groups is 1. The van der Waals surface area contributed by atoms with E-state index in [1.54, 1.807) is 12.1 Å². The maximum Gasteiger partial charge on any atom is 0.291 e. The summed E-state index contributed by atoms with van der Waals surface area (Å²) in [5, 5.41) is 2.57. The molecule has 1 heterocycles. The van der Waals surface area contributed by atoms with Crippen molar-refractivity contribution >= 4 is 11.6 Å². The molecule has 4 heteroatoms. The Morgan fingerprint density at radius 2 is 1.93 bits per heavy atom. The Balaban J connectivity index is 2.09. The number of benzene rings is 1. The molecule has 0 aliphatic heterocycles. The second-order valence-electron chi connectivity index (χ2n) is 2.94. The van der Waals surface area contributed by atoms with E-state index in [1.807, 2.05) is 0 Å². The fourth-order valence-corrected chi connectivity index (χ4v) is 1.13. The van der Waals surface area contributed by atoms with Gasteiger partial charge in [0.2, 0.25) is 0 Å². The van der Waals surface area contributed by atoms with Crippen LogP contribution in [0.25, 0.3) is 0 Å². The van der Waals surface area contributed by atoms with E-state index in [9.17, 15) is 9.18 Å². The lowest BCUT2D eigenvalue weighted by molar-refractivity contribution is 0.0996. The SMILES string of the molecule is O=C(Nc1ccc(F)cc1)c1ccco1. The number of carbonyl (C=O) groups excluding carboxylic acids is 1. The molecular formula is C11H8FNO2. The van der Waals surface area contributed by atoms with Gasteiger partial charge < -0.3 is 9.73 Å². The van der Waals surface area contributed by atoms with Gasteiger partial charge in [0.25, 0.3) is 5.91 Å². The zero-order chi connectivity index (χ0) is 10.7. The van der Waals surface area contributed by atoms with Gasteiger partial charge in [-0.3, -0.25) is 4.79 Å². The molecule has 1 aromatic carbocycles. The van der Waals surface area contributed by atoms with Gasteiger partial charge in [0.1, 0.15) is 5.82 Å². The first-order chi connectivity index (χ1) is 7.25. The van der Waals surface area contributed by atoms with E-state index in [4.69, 9.17) is 4.42 Å². The molecule has 0 unspecified atom stereocenters. The van der Waals surface area contributed by atoms with Gasteiger partial charge in [-0.05, 0) is 36.4 Å². The number of amides is 1. The highest BCUT2D eigenvalue weighted by Crippen LogP contribution is 2.10. The summed E-state index contributed by atoms with van der Waals surface area (Å²) in [4.78, 5) is 11.5. The Labute approximate surface area is 85.5 Å². The average Bonchev–Trinajstić information content (AvgIpc) is 2.74. The predicted octanol–water partition coefficient (Wildman–Crippen LogP) is 2.67. The fourth-order valence-electron chi connectivity index (χ4n) is 1.13. The number of rotatable bonds is 2. The highest BCUT2D eigenvalue weighted by molar-refractivity contribution is 6.02. The third kappa shape index (κ3) is 2.22. The molecule has 1 aromatic heterocycles. The average molecular weight is 205 g/mol. The van der Waals surface area contributed by atoms with Gasteiger partial charge in [-0.2, -0.15) is 0 Å². The Morgan fingerprint density at radius 1 is 1.20 bits per heavy atom. The molecule has 0 aliphatic rings. The quantitative estimate of drug-likeness (QED) is 0.818. The summed E-state index contributed by atoms with van der Waals surface area (Å²) in [6.45, 7) is 0. The summed E-state index contributed by atoms with van der Waals surface area (Å²) in [5.74, 6) is -0.475. The largest absolute Gasteiger partial charge is 0.459 e. The van der Waals surface area contributed by atoms with Crippen LogP contribution < -0.4 is 5.32 Å². The molecule has 0 spiro atoms. The first-order valence-electron chi connectivity index (χ1n) is 4.36.